The summed E-state index contributed by atoms with van der Waals surface area (Å²) in [6.45, 7) is 3.54. The van der Waals surface area contributed by atoms with Gasteiger partial charge in [-0.3, -0.25) is 0 Å². The summed E-state index contributed by atoms with van der Waals surface area (Å²) in [6, 6.07) is 18.1. The normalized spacial score (nSPS) is 30.4. The Bertz CT molecular complexity index is 1000. The van der Waals surface area contributed by atoms with Crippen LogP contribution in [0.2, 0.25) is 0 Å². The second-order valence-electron chi connectivity index (χ2n) is 8.28. The predicted molar refractivity (Wildman–Crippen MR) is 123 cm³/mol. The Morgan fingerprint density at radius 3 is 2.34 bits per heavy atom. The molecule has 2 aromatic rings. The number of ether oxygens (including phenoxy) is 2. The van der Waals surface area contributed by atoms with Gasteiger partial charge in [0.15, 0.2) is 0 Å². The number of halogens is 1. The van der Waals surface area contributed by atoms with Crippen LogP contribution in [0.25, 0.3) is 11.1 Å². The Morgan fingerprint density at radius 2 is 1.66 bits per heavy atom. The zero-order valence-electron chi connectivity index (χ0n) is 18.3. The van der Waals surface area contributed by atoms with Crippen molar-refractivity contribution in [1.82, 2.24) is 0 Å². The van der Waals surface area contributed by atoms with Crippen LogP contribution in [0.4, 0.5) is 4.39 Å². The Balaban J connectivity index is 1.56. The first kappa shape index (κ1) is 22.8. The minimum atomic E-state index is -2.21. The lowest BCUT2D eigenvalue weighted by Gasteiger charge is -2.33. The van der Waals surface area contributed by atoms with Crippen LogP contribution in [0, 0.1) is 11.8 Å². The molecule has 0 heterocycles. The summed E-state index contributed by atoms with van der Waals surface area (Å²) in [7, 11) is 0. The van der Waals surface area contributed by atoms with Gasteiger partial charge < -0.3 is 15.2 Å². The van der Waals surface area contributed by atoms with Crippen molar-refractivity contribution in [3.8, 4) is 11.1 Å². The van der Waals surface area contributed by atoms with Crippen LogP contribution in [0.5, 0.6) is 0 Å². The van der Waals surface area contributed by atoms with E-state index in [1.54, 1.807) is 13.8 Å². The SMILES string of the molecule is CCOC(=O)[C@@]1(N)[C@H]2[C@@H](C[C@H]1SCc1ccccc1-c1ccccc1)[C@]2(F)C(=O)OCC. The lowest BCUT2D eigenvalue weighted by molar-refractivity contribution is -0.156. The second-order valence-corrected chi connectivity index (χ2v) is 9.48. The number of carbonyl (C=O) groups excluding carboxylic acids is 2. The van der Waals surface area contributed by atoms with E-state index in [0.717, 1.165) is 16.7 Å². The van der Waals surface area contributed by atoms with Crippen LogP contribution in [-0.4, -0.2) is 41.6 Å². The average molecular weight is 458 g/mol. The van der Waals surface area contributed by atoms with Crippen LogP contribution >= 0.6 is 11.8 Å². The van der Waals surface area contributed by atoms with E-state index in [0.29, 0.717) is 12.2 Å². The first-order chi connectivity index (χ1) is 15.4. The summed E-state index contributed by atoms with van der Waals surface area (Å²) < 4.78 is 25.7. The molecule has 2 aliphatic rings. The number of nitrogens with two attached hydrogens (primary N) is 1. The van der Waals surface area contributed by atoms with Crippen LogP contribution in [0.1, 0.15) is 25.8 Å². The molecule has 7 heteroatoms. The molecule has 2 aliphatic carbocycles. The molecule has 0 aromatic heterocycles. The molecule has 0 spiro atoms. The number of carbonyl (C=O) groups is 2. The van der Waals surface area contributed by atoms with Crippen LogP contribution in [0.3, 0.4) is 0 Å². The molecule has 0 amide bonds. The third-order valence-electron chi connectivity index (χ3n) is 6.56. The molecule has 4 rings (SSSR count). The number of benzene rings is 2. The van der Waals surface area contributed by atoms with Crippen molar-refractivity contribution in [2.75, 3.05) is 13.2 Å². The minimum absolute atomic E-state index is 0.0787. The molecule has 170 valence electrons. The fourth-order valence-electron chi connectivity index (χ4n) is 5.02. The lowest BCUT2D eigenvalue weighted by atomic mass is 9.90. The number of rotatable bonds is 8. The van der Waals surface area contributed by atoms with E-state index in [1.807, 2.05) is 36.4 Å². The zero-order chi connectivity index (χ0) is 22.9. The van der Waals surface area contributed by atoms with Crippen LogP contribution in [0.15, 0.2) is 54.6 Å². The van der Waals surface area contributed by atoms with Crippen LogP contribution < -0.4 is 5.73 Å². The lowest BCUT2D eigenvalue weighted by Crippen LogP contribution is -2.59. The highest BCUT2D eigenvalue weighted by Gasteiger charge is 2.85. The van der Waals surface area contributed by atoms with Gasteiger partial charge >= 0.3 is 11.9 Å². The first-order valence-corrected chi connectivity index (χ1v) is 12.0. The molecule has 0 unspecified atom stereocenters. The maximum absolute atomic E-state index is 15.5. The summed E-state index contributed by atoms with van der Waals surface area (Å²) in [5.74, 6) is -2.52. The number of hydrogen-bond donors (Lipinski definition) is 1. The molecule has 2 saturated carbocycles. The minimum Gasteiger partial charge on any atom is -0.465 e. The van der Waals surface area contributed by atoms with E-state index >= 15 is 4.39 Å². The second kappa shape index (κ2) is 8.87. The number of hydrogen-bond acceptors (Lipinski definition) is 6. The summed E-state index contributed by atoms with van der Waals surface area (Å²) in [5, 5.41) is -0.362. The molecule has 5 nitrogen and oxygen atoms in total. The predicted octanol–water partition coefficient (Wildman–Crippen LogP) is 4.14. The van der Waals surface area contributed by atoms with E-state index in [2.05, 4.69) is 18.2 Å². The first-order valence-electron chi connectivity index (χ1n) is 11.0. The summed E-state index contributed by atoms with van der Waals surface area (Å²) in [5.41, 5.74) is 6.12. The van der Waals surface area contributed by atoms with Crippen molar-refractivity contribution in [3.05, 3.63) is 60.2 Å². The van der Waals surface area contributed by atoms with E-state index < -0.39 is 35.0 Å². The number of esters is 2. The van der Waals surface area contributed by atoms with Gasteiger partial charge in [0.2, 0.25) is 5.67 Å². The van der Waals surface area contributed by atoms with Gasteiger partial charge in [0, 0.05) is 22.8 Å². The molecule has 0 radical (unpaired) electrons. The van der Waals surface area contributed by atoms with Gasteiger partial charge in [-0.05, 0) is 37.0 Å². The number of thioether (sulfide) groups is 1. The Morgan fingerprint density at radius 1 is 1.03 bits per heavy atom. The number of fused-ring (bicyclic) bond motifs is 1. The average Bonchev–Trinajstić information content (AvgIpc) is 3.28. The van der Waals surface area contributed by atoms with Gasteiger partial charge in [-0.2, -0.15) is 11.8 Å². The standard InChI is InChI=1S/C25H28FNO4S/c1-3-30-22(28)24(26)19-14-20(25(27,21(19)24)23(29)31-4-2)32-15-17-12-8-9-13-18(17)16-10-6-5-7-11-16/h5-13,19-21H,3-4,14-15,27H2,1-2H3/t19-,20-,21+,24-,25+/m1/s1. The molecule has 0 saturated heterocycles. The molecule has 0 bridgehead atoms. The summed E-state index contributed by atoms with van der Waals surface area (Å²) in [4.78, 5) is 25.2. The molecule has 2 aromatic carbocycles. The molecule has 2 N–H and O–H groups in total. The van der Waals surface area contributed by atoms with Gasteiger partial charge in [-0.1, -0.05) is 54.6 Å². The third-order valence-corrected chi connectivity index (χ3v) is 8.02. The van der Waals surface area contributed by atoms with Crippen molar-refractivity contribution in [1.29, 1.82) is 0 Å². The molecule has 0 aliphatic heterocycles. The Hall–Kier alpha value is -2.38. The highest BCUT2D eigenvalue weighted by atomic mass is 32.2. The van der Waals surface area contributed by atoms with Crippen molar-refractivity contribution in [2.45, 2.75) is 42.5 Å². The molecule has 5 atom stereocenters. The molecular formula is C25H28FNO4S. The monoisotopic (exact) mass is 457 g/mol. The Labute approximate surface area is 191 Å². The maximum Gasteiger partial charge on any atom is 0.344 e. The fraction of sp³-hybridized carbons (Fsp3) is 0.440. The maximum atomic E-state index is 15.5. The number of alkyl halides is 1. The third kappa shape index (κ3) is 3.61. The highest BCUT2D eigenvalue weighted by Crippen LogP contribution is 2.69. The Kier molecular flexibility index (Phi) is 6.32. The smallest absolute Gasteiger partial charge is 0.344 e. The van der Waals surface area contributed by atoms with E-state index in [9.17, 15) is 9.59 Å². The fourth-order valence-corrected chi connectivity index (χ4v) is 6.51. The van der Waals surface area contributed by atoms with Gasteiger partial charge in [-0.25, -0.2) is 14.0 Å². The van der Waals surface area contributed by atoms with Gasteiger partial charge in [0.1, 0.15) is 5.54 Å². The van der Waals surface area contributed by atoms with Crippen molar-refractivity contribution < 1.29 is 23.5 Å². The van der Waals surface area contributed by atoms with Gasteiger partial charge in [0.05, 0.1) is 13.2 Å². The zero-order valence-corrected chi connectivity index (χ0v) is 19.1. The molecule has 32 heavy (non-hydrogen) atoms. The van der Waals surface area contributed by atoms with E-state index in [-0.39, 0.29) is 18.5 Å². The van der Waals surface area contributed by atoms with Crippen molar-refractivity contribution in [2.24, 2.45) is 17.6 Å². The largest absolute Gasteiger partial charge is 0.465 e. The van der Waals surface area contributed by atoms with Gasteiger partial charge in [-0.15, -0.1) is 0 Å². The van der Waals surface area contributed by atoms with Crippen molar-refractivity contribution >= 4 is 23.7 Å². The molecule has 2 fully saturated rings. The quantitative estimate of drug-likeness (QED) is 0.601. The van der Waals surface area contributed by atoms with E-state index in [1.165, 1.54) is 11.8 Å². The highest BCUT2D eigenvalue weighted by molar-refractivity contribution is 7.99. The molecular weight excluding hydrogens is 429 g/mol. The summed E-state index contributed by atoms with van der Waals surface area (Å²) >= 11 is 1.52. The van der Waals surface area contributed by atoms with Crippen LogP contribution in [-0.2, 0) is 24.8 Å². The van der Waals surface area contributed by atoms with E-state index in [4.69, 9.17) is 15.2 Å². The topological polar surface area (TPSA) is 78.6 Å². The van der Waals surface area contributed by atoms with Gasteiger partial charge in [0.25, 0.3) is 0 Å². The van der Waals surface area contributed by atoms with Crippen molar-refractivity contribution in [3.63, 3.8) is 0 Å². The summed E-state index contributed by atoms with van der Waals surface area (Å²) in [6.07, 6.45) is 0.327.